The Morgan fingerprint density at radius 2 is 2.05 bits per heavy atom. The molecule has 1 atom stereocenters. The molecule has 20 heavy (non-hydrogen) atoms. The molecule has 5 heteroatoms. The van der Waals surface area contributed by atoms with Gasteiger partial charge in [0.25, 0.3) is 0 Å². The molecule has 2 heterocycles. The van der Waals surface area contributed by atoms with Crippen LogP contribution in [0.2, 0.25) is 0 Å². The molecule has 3 rings (SSSR count). The average molecular weight is 273 g/mol. The van der Waals surface area contributed by atoms with Crippen molar-refractivity contribution in [1.29, 1.82) is 0 Å². The predicted molar refractivity (Wildman–Crippen MR) is 75.0 cm³/mol. The van der Waals surface area contributed by atoms with Gasteiger partial charge in [-0.2, -0.15) is 0 Å². The summed E-state index contributed by atoms with van der Waals surface area (Å²) in [6.45, 7) is 2.05. The predicted octanol–water partition coefficient (Wildman–Crippen LogP) is 0.0494. The molecule has 0 saturated carbocycles. The summed E-state index contributed by atoms with van der Waals surface area (Å²) in [5, 5.41) is 5.74. The lowest BCUT2D eigenvalue weighted by Gasteiger charge is -2.29. The summed E-state index contributed by atoms with van der Waals surface area (Å²) in [7, 11) is 0. The molecule has 0 radical (unpaired) electrons. The number of nitrogens with zero attached hydrogens (tertiary/aromatic N) is 1. The summed E-state index contributed by atoms with van der Waals surface area (Å²) in [6, 6.07) is 8.01. The zero-order valence-corrected chi connectivity index (χ0v) is 11.4. The minimum absolute atomic E-state index is 0.0461. The topological polar surface area (TPSA) is 61.4 Å². The molecule has 2 amide bonds. The van der Waals surface area contributed by atoms with E-state index in [1.54, 1.807) is 0 Å². The van der Waals surface area contributed by atoms with E-state index in [2.05, 4.69) is 28.8 Å². The summed E-state index contributed by atoms with van der Waals surface area (Å²) >= 11 is 0. The molecule has 5 nitrogen and oxygen atoms in total. The monoisotopic (exact) mass is 273 g/mol. The van der Waals surface area contributed by atoms with Gasteiger partial charge in [-0.05, 0) is 24.0 Å². The summed E-state index contributed by atoms with van der Waals surface area (Å²) in [4.78, 5) is 25.6. The number of benzene rings is 1. The van der Waals surface area contributed by atoms with E-state index in [1.807, 2.05) is 11.0 Å². The van der Waals surface area contributed by atoms with Crippen LogP contribution in [0.3, 0.4) is 0 Å². The minimum atomic E-state index is -0.294. The summed E-state index contributed by atoms with van der Waals surface area (Å²) < 4.78 is 0. The van der Waals surface area contributed by atoms with Crippen LogP contribution in [0.1, 0.15) is 17.5 Å². The van der Waals surface area contributed by atoms with Gasteiger partial charge in [0.05, 0.1) is 6.54 Å². The van der Waals surface area contributed by atoms with Gasteiger partial charge < -0.3 is 10.2 Å². The lowest BCUT2D eigenvalue weighted by Crippen LogP contribution is -2.58. The highest BCUT2D eigenvalue weighted by molar-refractivity contribution is 5.86. The lowest BCUT2D eigenvalue weighted by atomic mass is 10.0. The third-order valence-corrected chi connectivity index (χ3v) is 3.98. The molecule has 0 aliphatic carbocycles. The van der Waals surface area contributed by atoms with E-state index < -0.39 is 0 Å². The molecule has 0 bridgehead atoms. The molecule has 2 aliphatic heterocycles. The fraction of sp³-hybridized carbons (Fsp3) is 0.467. The first-order valence-corrected chi connectivity index (χ1v) is 7.10. The maximum Gasteiger partial charge on any atom is 0.241 e. The Morgan fingerprint density at radius 3 is 2.80 bits per heavy atom. The molecule has 2 aliphatic rings. The van der Waals surface area contributed by atoms with Crippen molar-refractivity contribution in [2.24, 2.45) is 0 Å². The van der Waals surface area contributed by atoms with Crippen molar-refractivity contribution >= 4 is 11.8 Å². The zero-order chi connectivity index (χ0) is 13.9. The number of aryl methyl sites for hydroxylation is 1. The molecular weight excluding hydrogens is 254 g/mol. The fourth-order valence-electron chi connectivity index (χ4n) is 2.85. The number of hydrogen-bond acceptors (Lipinski definition) is 3. The number of carbonyl (C=O) groups is 2. The van der Waals surface area contributed by atoms with E-state index in [4.69, 9.17) is 0 Å². The van der Waals surface area contributed by atoms with Crippen LogP contribution in [-0.4, -0.2) is 42.4 Å². The quantitative estimate of drug-likeness (QED) is 0.760. The lowest BCUT2D eigenvalue weighted by molar-refractivity contribution is -0.135. The van der Waals surface area contributed by atoms with Crippen LogP contribution in [0.4, 0.5) is 0 Å². The molecular formula is C15H19N3O2. The molecule has 1 saturated heterocycles. The highest BCUT2D eigenvalue weighted by Gasteiger charge is 2.28. The third-order valence-electron chi connectivity index (χ3n) is 3.98. The first-order chi connectivity index (χ1) is 9.74. The number of carbonyl (C=O) groups excluding carboxylic acids is 2. The molecule has 1 unspecified atom stereocenters. The van der Waals surface area contributed by atoms with Gasteiger partial charge in [-0.25, -0.2) is 0 Å². The number of hydrogen-bond donors (Lipinski definition) is 2. The number of nitrogens with one attached hydrogen (secondary N) is 2. The maximum absolute atomic E-state index is 12.5. The van der Waals surface area contributed by atoms with Gasteiger partial charge in [0.15, 0.2) is 0 Å². The Balaban J connectivity index is 1.71. The van der Waals surface area contributed by atoms with Crippen molar-refractivity contribution in [2.45, 2.75) is 25.4 Å². The molecule has 0 spiro atoms. The van der Waals surface area contributed by atoms with Crippen molar-refractivity contribution in [2.75, 3.05) is 19.6 Å². The number of rotatable bonds is 1. The summed E-state index contributed by atoms with van der Waals surface area (Å²) in [5.74, 6) is 0.0389. The van der Waals surface area contributed by atoms with Crippen molar-refractivity contribution in [3.8, 4) is 0 Å². The summed E-state index contributed by atoms with van der Waals surface area (Å²) in [5.41, 5.74) is 2.57. The first-order valence-electron chi connectivity index (χ1n) is 7.10. The van der Waals surface area contributed by atoms with Crippen LogP contribution in [0.15, 0.2) is 24.3 Å². The number of fused-ring (bicyclic) bond motifs is 1. The smallest absolute Gasteiger partial charge is 0.241 e. The first kappa shape index (κ1) is 13.1. The van der Waals surface area contributed by atoms with Crippen molar-refractivity contribution in [1.82, 2.24) is 15.5 Å². The van der Waals surface area contributed by atoms with Crippen LogP contribution >= 0.6 is 0 Å². The van der Waals surface area contributed by atoms with Crippen LogP contribution in [-0.2, 0) is 22.6 Å². The standard InChI is InChI=1S/C15H19N3O2/c19-14-9-16-13(8-17-14)15(20)18-7-3-6-11-4-1-2-5-12(11)10-18/h1-2,4-5,13,16H,3,6-10H2,(H,17,19). The van der Waals surface area contributed by atoms with Gasteiger partial charge in [0.1, 0.15) is 6.04 Å². The second-order valence-corrected chi connectivity index (χ2v) is 5.37. The maximum atomic E-state index is 12.5. The highest BCUT2D eigenvalue weighted by Crippen LogP contribution is 2.19. The van der Waals surface area contributed by atoms with E-state index in [0.29, 0.717) is 13.1 Å². The Hall–Kier alpha value is -1.88. The Labute approximate surface area is 118 Å². The van der Waals surface area contributed by atoms with Crippen molar-refractivity contribution in [3.05, 3.63) is 35.4 Å². The Kier molecular flexibility index (Phi) is 3.69. The molecule has 1 fully saturated rings. The minimum Gasteiger partial charge on any atom is -0.353 e. The second-order valence-electron chi connectivity index (χ2n) is 5.37. The Morgan fingerprint density at radius 1 is 1.25 bits per heavy atom. The van der Waals surface area contributed by atoms with Crippen molar-refractivity contribution < 1.29 is 9.59 Å². The normalized spacial score (nSPS) is 22.7. The van der Waals surface area contributed by atoms with Gasteiger partial charge in [0, 0.05) is 19.6 Å². The van der Waals surface area contributed by atoms with Gasteiger partial charge in [-0.15, -0.1) is 0 Å². The molecule has 1 aromatic rings. The third kappa shape index (κ3) is 2.67. The van der Waals surface area contributed by atoms with Crippen LogP contribution < -0.4 is 10.6 Å². The van der Waals surface area contributed by atoms with Crippen LogP contribution in [0.5, 0.6) is 0 Å². The van der Waals surface area contributed by atoms with E-state index in [-0.39, 0.29) is 24.4 Å². The average Bonchev–Trinajstić information content (AvgIpc) is 2.69. The van der Waals surface area contributed by atoms with Gasteiger partial charge in [0.2, 0.25) is 11.8 Å². The molecule has 2 N–H and O–H groups in total. The van der Waals surface area contributed by atoms with Gasteiger partial charge >= 0.3 is 0 Å². The highest BCUT2D eigenvalue weighted by atomic mass is 16.2. The van der Waals surface area contributed by atoms with Crippen molar-refractivity contribution in [3.63, 3.8) is 0 Å². The molecule has 0 aromatic heterocycles. The summed E-state index contributed by atoms with van der Waals surface area (Å²) in [6.07, 6.45) is 2.01. The van der Waals surface area contributed by atoms with Gasteiger partial charge in [-0.3, -0.25) is 14.9 Å². The van der Waals surface area contributed by atoms with Crippen LogP contribution in [0, 0.1) is 0 Å². The zero-order valence-electron chi connectivity index (χ0n) is 11.4. The second kappa shape index (κ2) is 5.63. The molecule has 106 valence electrons. The van der Waals surface area contributed by atoms with E-state index in [9.17, 15) is 9.59 Å². The largest absolute Gasteiger partial charge is 0.353 e. The fourth-order valence-corrected chi connectivity index (χ4v) is 2.85. The number of piperazine rings is 1. The van der Waals surface area contributed by atoms with Gasteiger partial charge in [-0.1, -0.05) is 24.3 Å². The molecule has 1 aromatic carbocycles. The van der Waals surface area contributed by atoms with E-state index in [0.717, 1.165) is 19.4 Å². The SMILES string of the molecule is O=C1CNC(C(=O)N2CCCc3ccccc3C2)CN1. The van der Waals surface area contributed by atoms with Crippen LogP contribution in [0.25, 0.3) is 0 Å². The van der Waals surface area contributed by atoms with E-state index in [1.165, 1.54) is 11.1 Å². The van der Waals surface area contributed by atoms with E-state index >= 15 is 0 Å². The number of amides is 2. The Bertz CT molecular complexity index is 520.